The molecule has 2 aliphatic rings. The van der Waals surface area contributed by atoms with E-state index in [0.29, 0.717) is 13.1 Å². The van der Waals surface area contributed by atoms with Crippen LogP contribution in [-0.2, 0) is 12.0 Å². The van der Waals surface area contributed by atoms with Gasteiger partial charge in [0.05, 0.1) is 11.2 Å². The van der Waals surface area contributed by atoms with Gasteiger partial charge in [0, 0.05) is 47.9 Å². The van der Waals surface area contributed by atoms with Crippen LogP contribution in [0.1, 0.15) is 18.5 Å². The largest absolute Gasteiger partial charge is 0.508 e. The van der Waals surface area contributed by atoms with E-state index in [1.165, 1.54) is 4.90 Å². The summed E-state index contributed by atoms with van der Waals surface area (Å²) >= 11 is 0. The maximum absolute atomic E-state index is 11.3. The first kappa shape index (κ1) is 15.2. The van der Waals surface area contributed by atoms with Gasteiger partial charge in [0.2, 0.25) is 0 Å². The van der Waals surface area contributed by atoms with Crippen molar-refractivity contribution >= 4 is 17.0 Å². The summed E-state index contributed by atoms with van der Waals surface area (Å²) in [4.78, 5) is 17.3. The first-order valence-corrected chi connectivity index (χ1v) is 8.69. The molecule has 4 heterocycles. The number of phenolic OH excluding ortho intramolecular Hbond substituents is 1. The highest BCUT2D eigenvalue weighted by Crippen LogP contribution is 2.43. The molecule has 2 aliphatic heterocycles. The van der Waals surface area contributed by atoms with Crippen LogP contribution in [0.2, 0.25) is 0 Å². The third kappa shape index (κ3) is 2.16. The van der Waals surface area contributed by atoms with E-state index in [4.69, 9.17) is 5.10 Å². The van der Waals surface area contributed by atoms with Crippen molar-refractivity contribution in [3.63, 3.8) is 0 Å². The molecule has 7 nitrogen and oxygen atoms in total. The summed E-state index contributed by atoms with van der Waals surface area (Å²) in [5.41, 5.74) is 3.56. The van der Waals surface area contributed by atoms with Crippen LogP contribution in [0, 0.1) is 0 Å². The van der Waals surface area contributed by atoms with Crippen molar-refractivity contribution in [1.82, 2.24) is 19.7 Å². The number of amides is 1. The monoisotopic (exact) mass is 350 g/mol. The number of nitrogens with zero attached hydrogens (tertiary/aromatic N) is 4. The second-order valence-electron chi connectivity index (χ2n) is 7.22. The number of carbonyl (C=O) groups is 1. The second-order valence-corrected chi connectivity index (χ2v) is 7.22. The Morgan fingerprint density at radius 2 is 2.00 bits per heavy atom. The van der Waals surface area contributed by atoms with Crippen molar-refractivity contribution in [3.05, 3.63) is 42.2 Å². The number of aromatic nitrogens is 3. The van der Waals surface area contributed by atoms with Gasteiger partial charge in [-0.15, -0.1) is 0 Å². The van der Waals surface area contributed by atoms with E-state index in [1.807, 2.05) is 10.7 Å². The molecule has 0 aliphatic carbocycles. The molecule has 132 valence electrons. The van der Waals surface area contributed by atoms with E-state index in [2.05, 4.69) is 11.1 Å². The Balaban J connectivity index is 1.54. The van der Waals surface area contributed by atoms with E-state index in [1.54, 1.807) is 24.4 Å². The minimum Gasteiger partial charge on any atom is -0.508 e. The SMILES string of the molecule is O=C(O)N1CCC2(CCn3nc(-c4cnc5ccc(O)cc5c4)cc32)C1. The summed E-state index contributed by atoms with van der Waals surface area (Å²) in [6.45, 7) is 1.93. The first-order valence-electron chi connectivity index (χ1n) is 8.69. The fourth-order valence-electron chi connectivity index (χ4n) is 4.31. The van der Waals surface area contributed by atoms with Crippen LogP contribution in [0.3, 0.4) is 0 Å². The molecule has 7 heteroatoms. The fraction of sp³-hybridized carbons (Fsp3) is 0.316. The van der Waals surface area contributed by atoms with Crippen LogP contribution in [0.25, 0.3) is 22.2 Å². The predicted octanol–water partition coefficient (Wildman–Crippen LogP) is 2.83. The minimum atomic E-state index is -0.849. The van der Waals surface area contributed by atoms with Gasteiger partial charge in [-0.25, -0.2) is 4.79 Å². The predicted molar refractivity (Wildman–Crippen MR) is 95.1 cm³/mol. The van der Waals surface area contributed by atoms with Gasteiger partial charge in [0.15, 0.2) is 0 Å². The molecule has 1 aromatic carbocycles. The lowest BCUT2D eigenvalue weighted by Gasteiger charge is -2.21. The average molecular weight is 350 g/mol. The number of phenols is 1. The number of rotatable bonds is 1. The van der Waals surface area contributed by atoms with Gasteiger partial charge < -0.3 is 15.1 Å². The van der Waals surface area contributed by atoms with Crippen molar-refractivity contribution in [3.8, 4) is 17.0 Å². The highest BCUT2D eigenvalue weighted by Gasteiger charge is 2.46. The minimum absolute atomic E-state index is 0.119. The third-order valence-electron chi connectivity index (χ3n) is 5.71. The van der Waals surface area contributed by atoms with Gasteiger partial charge in [-0.3, -0.25) is 9.67 Å². The summed E-state index contributed by atoms with van der Waals surface area (Å²) in [5.74, 6) is 0.211. The van der Waals surface area contributed by atoms with Crippen LogP contribution in [0.4, 0.5) is 4.79 Å². The van der Waals surface area contributed by atoms with Crippen LogP contribution in [0.5, 0.6) is 5.75 Å². The maximum Gasteiger partial charge on any atom is 0.407 e. The molecule has 3 aromatic rings. The van der Waals surface area contributed by atoms with Crippen molar-refractivity contribution in [2.75, 3.05) is 13.1 Å². The smallest absolute Gasteiger partial charge is 0.407 e. The van der Waals surface area contributed by atoms with Gasteiger partial charge in [-0.05, 0) is 43.2 Å². The number of aromatic hydroxyl groups is 1. The van der Waals surface area contributed by atoms with Crippen LogP contribution >= 0.6 is 0 Å². The standard InChI is InChI=1S/C19H18N4O3/c24-14-1-2-15-12(8-14)7-13(10-20-15)16-9-17-19(4-6-23(17)21-16)3-5-22(11-19)18(25)26/h1-2,7-10,24H,3-6,11H2,(H,25,26). The Kier molecular flexibility index (Phi) is 3.04. The Morgan fingerprint density at radius 1 is 1.15 bits per heavy atom. The number of pyridine rings is 1. The summed E-state index contributed by atoms with van der Waals surface area (Å²) in [6, 6.07) is 9.15. The molecule has 1 fully saturated rings. The lowest BCUT2D eigenvalue weighted by Crippen LogP contribution is -2.32. The Hall–Kier alpha value is -3.09. The molecular weight excluding hydrogens is 332 g/mol. The molecule has 2 N–H and O–H groups in total. The molecule has 1 unspecified atom stereocenters. The topological polar surface area (TPSA) is 91.5 Å². The Bertz CT molecular complexity index is 1040. The summed E-state index contributed by atoms with van der Waals surface area (Å²) < 4.78 is 2.01. The molecule has 2 aromatic heterocycles. The molecule has 0 radical (unpaired) electrons. The van der Waals surface area contributed by atoms with Crippen molar-refractivity contribution in [1.29, 1.82) is 0 Å². The number of aryl methyl sites for hydroxylation is 1. The van der Waals surface area contributed by atoms with Gasteiger partial charge in [-0.2, -0.15) is 5.10 Å². The zero-order valence-electron chi connectivity index (χ0n) is 14.1. The van der Waals surface area contributed by atoms with E-state index in [-0.39, 0.29) is 11.2 Å². The lowest BCUT2D eigenvalue weighted by atomic mass is 9.82. The van der Waals surface area contributed by atoms with E-state index < -0.39 is 6.09 Å². The van der Waals surface area contributed by atoms with Crippen molar-refractivity contribution in [2.24, 2.45) is 0 Å². The number of carboxylic acid groups (broad SMARTS) is 1. The van der Waals surface area contributed by atoms with Crippen molar-refractivity contribution < 1.29 is 15.0 Å². The highest BCUT2D eigenvalue weighted by molar-refractivity contribution is 5.84. The van der Waals surface area contributed by atoms with E-state index in [9.17, 15) is 15.0 Å². The molecule has 0 bridgehead atoms. The maximum atomic E-state index is 11.3. The molecule has 1 atom stereocenters. The van der Waals surface area contributed by atoms with Crippen LogP contribution in [0.15, 0.2) is 36.5 Å². The van der Waals surface area contributed by atoms with Gasteiger partial charge in [-0.1, -0.05) is 0 Å². The highest BCUT2D eigenvalue weighted by atomic mass is 16.4. The molecule has 0 saturated carbocycles. The quantitative estimate of drug-likeness (QED) is 0.704. The molecular formula is C19H18N4O3. The third-order valence-corrected chi connectivity index (χ3v) is 5.71. The van der Waals surface area contributed by atoms with Gasteiger partial charge >= 0.3 is 6.09 Å². The Labute approximate surface area is 149 Å². The number of hydrogen-bond acceptors (Lipinski definition) is 4. The van der Waals surface area contributed by atoms with E-state index in [0.717, 1.165) is 47.2 Å². The molecule has 5 rings (SSSR count). The normalized spacial score (nSPS) is 21.6. The number of benzene rings is 1. The first-order chi connectivity index (χ1) is 12.5. The van der Waals surface area contributed by atoms with Gasteiger partial charge in [0.25, 0.3) is 0 Å². The summed E-state index contributed by atoms with van der Waals surface area (Å²) in [5, 5.41) is 24.6. The van der Waals surface area contributed by atoms with Crippen LogP contribution in [-0.4, -0.2) is 49.1 Å². The Morgan fingerprint density at radius 3 is 2.81 bits per heavy atom. The molecule has 1 spiro atoms. The average Bonchev–Trinajstić information content (AvgIpc) is 3.31. The second kappa shape index (κ2) is 5.20. The number of fused-ring (bicyclic) bond motifs is 3. The zero-order chi connectivity index (χ0) is 17.9. The van der Waals surface area contributed by atoms with E-state index >= 15 is 0 Å². The summed E-state index contributed by atoms with van der Waals surface area (Å²) in [7, 11) is 0. The van der Waals surface area contributed by atoms with Crippen molar-refractivity contribution in [2.45, 2.75) is 24.8 Å². The zero-order valence-corrected chi connectivity index (χ0v) is 14.1. The summed E-state index contributed by atoms with van der Waals surface area (Å²) in [6.07, 6.45) is 2.72. The lowest BCUT2D eigenvalue weighted by molar-refractivity contribution is 0.153. The number of likely N-dealkylation sites (tertiary alicyclic amines) is 1. The fourth-order valence-corrected chi connectivity index (χ4v) is 4.31. The molecule has 1 amide bonds. The molecule has 1 saturated heterocycles. The van der Waals surface area contributed by atoms with Crippen LogP contribution < -0.4 is 0 Å². The molecule has 26 heavy (non-hydrogen) atoms. The number of hydrogen-bond donors (Lipinski definition) is 2. The van der Waals surface area contributed by atoms with Gasteiger partial charge in [0.1, 0.15) is 5.75 Å².